The molecule has 0 aromatic heterocycles. The van der Waals surface area contributed by atoms with E-state index in [1.807, 2.05) is 5.32 Å². The first-order chi connectivity index (χ1) is 6.70. The average Bonchev–Trinajstić information content (AvgIpc) is 2.16. The van der Waals surface area contributed by atoms with Gasteiger partial charge in [-0.15, -0.1) is 0 Å². The van der Waals surface area contributed by atoms with Crippen molar-refractivity contribution in [1.82, 2.24) is 5.32 Å². The minimum Gasteiger partial charge on any atom is -0.442 e. The first kappa shape index (κ1) is 8.80. The number of rotatable bonds is 1. The van der Waals surface area contributed by atoms with Crippen molar-refractivity contribution in [3.8, 4) is 5.75 Å². The molecule has 14 heavy (non-hydrogen) atoms. The summed E-state index contributed by atoms with van der Waals surface area (Å²) >= 11 is 0. The monoisotopic (exact) mass is 196 g/mol. The molecule has 2 N–H and O–H groups in total. The van der Waals surface area contributed by atoms with Gasteiger partial charge in [0.15, 0.2) is 0 Å². The lowest BCUT2D eigenvalue weighted by atomic mass is 10.1. The SMILES string of the molecule is CNc1ccc2c(c1)OC(F)NC2=O. The second kappa shape index (κ2) is 3.17. The number of fused-ring (bicyclic) bond motifs is 1. The first-order valence-corrected chi connectivity index (χ1v) is 4.14. The van der Waals surface area contributed by atoms with Crippen LogP contribution in [0.25, 0.3) is 0 Å². The highest BCUT2D eigenvalue weighted by atomic mass is 19.1. The Hall–Kier alpha value is -1.78. The second-order valence-corrected chi connectivity index (χ2v) is 2.87. The van der Waals surface area contributed by atoms with E-state index < -0.39 is 12.4 Å². The molecule has 0 saturated heterocycles. The lowest BCUT2D eigenvalue weighted by molar-refractivity contribution is 0.0218. The average molecular weight is 196 g/mol. The summed E-state index contributed by atoms with van der Waals surface area (Å²) in [6.07, 6.45) is 0. The standard InChI is InChI=1S/C9H9FN2O2/c1-11-5-2-3-6-7(4-5)14-9(10)12-8(6)13/h2-4,9,11H,1H3,(H,12,13). The molecule has 1 aromatic rings. The summed E-state index contributed by atoms with van der Waals surface area (Å²) in [6, 6.07) is 4.89. The molecule has 1 aromatic carbocycles. The molecule has 0 spiro atoms. The molecule has 0 bridgehead atoms. The van der Waals surface area contributed by atoms with Gasteiger partial charge in [-0.05, 0) is 12.1 Å². The zero-order valence-corrected chi connectivity index (χ0v) is 7.50. The number of nitrogens with one attached hydrogen (secondary N) is 2. The summed E-state index contributed by atoms with van der Waals surface area (Å²) in [4.78, 5) is 11.2. The Morgan fingerprint density at radius 3 is 3.07 bits per heavy atom. The molecular formula is C9H9FN2O2. The number of halogens is 1. The van der Waals surface area contributed by atoms with E-state index in [-0.39, 0.29) is 5.75 Å². The summed E-state index contributed by atoms with van der Waals surface area (Å²) in [5, 5.41) is 4.90. The van der Waals surface area contributed by atoms with E-state index in [2.05, 4.69) is 5.32 Å². The van der Waals surface area contributed by atoms with Gasteiger partial charge in [-0.1, -0.05) is 0 Å². The van der Waals surface area contributed by atoms with Crippen LogP contribution in [0, 0.1) is 0 Å². The van der Waals surface area contributed by atoms with Gasteiger partial charge in [-0.3, -0.25) is 10.1 Å². The molecule has 1 aliphatic heterocycles. The van der Waals surface area contributed by atoms with Gasteiger partial charge in [0, 0.05) is 18.8 Å². The van der Waals surface area contributed by atoms with Gasteiger partial charge < -0.3 is 10.1 Å². The van der Waals surface area contributed by atoms with Crippen LogP contribution < -0.4 is 15.4 Å². The summed E-state index contributed by atoms with van der Waals surface area (Å²) in [6.45, 7) is -1.76. The Kier molecular flexibility index (Phi) is 1.99. The van der Waals surface area contributed by atoms with Crippen LogP contribution in [0.2, 0.25) is 0 Å². The molecule has 1 atom stereocenters. The topological polar surface area (TPSA) is 50.4 Å². The number of benzene rings is 1. The van der Waals surface area contributed by atoms with Gasteiger partial charge >= 0.3 is 6.48 Å². The second-order valence-electron chi connectivity index (χ2n) is 2.87. The summed E-state index contributed by atoms with van der Waals surface area (Å²) < 4.78 is 17.6. The Bertz CT molecular complexity index is 381. The third kappa shape index (κ3) is 1.37. The lowest BCUT2D eigenvalue weighted by Crippen LogP contribution is -2.40. The predicted molar refractivity (Wildman–Crippen MR) is 49.0 cm³/mol. The molecule has 0 fully saturated rings. The van der Waals surface area contributed by atoms with Crippen molar-refractivity contribution < 1.29 is 13.9 Å². The maximum atomic E-state index is 12.8. The minimum atomic E-state index is -1.76. The van der Waals surface area contributed by atoms with Crippen LogP contribution in [0.15, 0.2) is 18.2 Å². The van der Waals surface area contributed by atoms with Crippen molar-refractivity contribution >= 4 is 11.6 Å². The van der Waals surface area contributed by atoms with Crippen LogP contribution >= 0.6 is 0 Å². The van der Waals surface area contributed by atoms with Gasteiger partial charge in [0.2, 0.25) is 0 Å². The van der Waals surface area contributed by atoms with E-state index in [0.717, 1.165) is 5.69 Å². The molecule has 0 radical (unpaired) electrons. The normalized spacial score (nSPS) is 19.3. The molecule has 1 unspecified atom stereocenters. The quantitative estimate of drug-likeness (QED) is 0.661. The zero-order chi connectivity index (χ0) is 10.1. The largest absolute Gasteiger partial charge is 0.442 e. The number of carbonyl (C=O) groups excluding carboxylic acids is 1. The number of amides is 1. The van der Waals surface area contributed by atoms with Gasteiger partial charge in [0.25, 0.3) is 5.91 Å². The summed E-state index contributed by atoms with van der Waals surface area (Å²) in [7, 11) is 1.73. The molecule has 5 heteroatoms. The summed E-state index contributed by atoms with van der Waals surface area (Å²) in [5.74, 6) is -0.200. The molecule has 4 nitrogen and oxygen atoms in total. The highest BCUT2D eigenvalue weighted by Gasteiger charge is 2.24. The third-order valence-corrected chi connectivity index (χ3v) is 1.99. The number of anilines is 1. The molecule has 1 aliphatic rings. The van der Waals surface area contributed by atoms with Crippen molar-refractivity contribution in [2.75, 3.05) is 12.4 Å². The van der Waals surface area contributed by atoms with Crippen LogP contribution in [-0.4, -0.2) is 19.4 Å². The Morgan fingerprint density at radius 1 is 1.57 bits per heavy atom. The van der Waals surface area contributed by atoms with E-state index in [1.54, 1.807) is 25.2 Å². The van der Waals surface area contributed by atoms with Crippen molar-refractivity contribution in [1.29, 1.82) is 0 Å². The van der Waals surface area contributed by atoms with E-state index in [4.69, 9.17) is 4.74 Å². The van der Waals surface area contributed by atoms with Crippen molar-refractivity contribution in [2.45, 2.75) is 6.48 Å². The number of ether oxygens (including phenoxy) is 1. The number of hydrogen-bond acceptors (Lipinski definition) is 3. The Balaban J connectivity index is 2.44. The number of alkyl halides is 1. The minimum absolute atomic E-state index is 0.258. The number of carbonyl (C=O) groups is 1. The van der Waals surface area contributed by atoms with E-state index in [0.29, 0.717) is 5.56 Å². The molecule has 1 heterocycles. The summed E-state index contributed by atoms with van der Waals surface area (Å²) in [5.41, 5.74) is 1.11. The van der Waals surface area contributed by atoms with Crippen molar-refractivity contribution in [3.05, 3.63) is 23.8 Å². The van der Waals surface area contributed by atoms with Gasteiger partial charge in [0.05, 0.1) is 5.56 Å². The van der Waals surface area contributed by atoms with Crippen LogP contribution in [0.3, 0.4) is 0 Å². The maximum Gasteiger partial charge on any atom is 0.321 e. The maximum absolute atomic E-state index is 12.8. The smallest absolute Gasteiger partial charge is 0.321 e. The van der Waals surface area contributed by atoms with E-state index in [9.17, 15) is 9.18 Å². The zero-order valence-electron chi connectivity index (χ0n) is 7.50. The predicted octanol–water partition coefficient (Wildman–Crippen LogP) is 1.10. The molecule has 0 aliphatic carbocycles. The Labute approximate surface area is 80.1 Å². The molecular weight excluding hydrogens is 187 g/mol. The van der Waals surface area contributed by atoms with Crippen LogP contribution in [0.5, 0.6) is 5.75 Å². The third-order valence-electron chi connectivity index (χ3n) is 1.99. The van der Waals surface area contributed by atoms with Crippen molar-refractivity contribution in [3.63, 3.8) is 0 Å². The van der Waals surface area contributed by atoms with E-state index >= 15 is 0 Å². The fourth-order valence-corrected chi connectivity index (χ4v) is 1.28. The van der Waals surface area contributed by atoms with Crippen LogP contribution in [0.1, 0.15) is 10.4 Å². The highest BCUT2D eigenvalue weighted by molar-refractivity contribution is 5.98. The molecule has 1 amide bonds. The molecule has 2 rings (SSSR count). The molecule has 74 valence electrons. The Morgan fingerprint density at radius 2 is 2.36 bits per heavy atom. The van der Waals surface area contributed by atoms with Gasteiger partial charge in [-0.25, -0.2) is 0 Å². The lowest BCUT2D eigenvalue weighted by Gasteiger charge is -2.21. The number of hydrogen-bond donors (Lipinski definition) is 2. The highest BCUT2D eigenvalue weighted by Crippen LogP contribution is 2.26. The fourth-order valence-electron chi connectivity index (χ4n) is 1.28. The first-order valence-electron chi connectivity index (χ1n) is 4.14. The van der Waals surface area contributed by atoms with E-state index in [1.165, 1.54) is 0 Å². The van der Waals surface area contributed by atoms with Crippen LogP contribution in [-0.2, 0) is 0 Å². The van der Waals surface area contributed by atoms with Crippen LogP contribution in [0.4, 0.5) is 10.1 Å². The van der Waals surface area contributed by atoms with Crippen molar-refractivity contribution in [2.24, 2.45) is 0 Å². The van der Waals surface area contributed by atoms with Gasteiger partial charge in [-0.2, -0.15) is 4.39 Å². The fraction of sp³-hybridized carbons (Fsp3) is 0.222. The molecule has 0 saturated carbocycles. The van der Waals surface area contributed by atoms with Gasteiger partial charge in [0.1, 0.15) is 5.75 Å².